The highest BCUT2D eigenvalue weighted by molar-refractivity contribution is 5.99. The molecule has 0 aliphatic carbocycles. The van der Waals surface area contributed by atoms with Crippen LogP contribution in [0.4, 0.5) is 5.69 Å². The third-order valence-corrected chi connectivity index (χ3v) is 6.28. The molecule has 2 heterocycles. The summed E-state index contributed by atoms with van der Waals surface area (Å²) in [6.07, 6.45) is 0. The molecule has 0 aromatic heterocycles. The molecule has 8 nitrogen and oxygen atoms in total. The Kier molecular flexibility index (Phi) is 6.14. The van der Waals surface area contributed by atoms with Crippen molar-refractivity contribution in [3.8, 4) is 11.5 Å². The van der Waals surface area contributed by atoms with Gasteiger partial charge in [0, 0.05) is 32.2 Å². The zero-order valence-electron chi connectivity index (χ0n) is 18.6. The molecule has 2 aliphatic heterocycles. The summed E-state index contributed by atoms with van der Waals surface area (Å²) in [4.78, 5) is 28.5. The number of amides is 1. The molecule has 34 heavy (non-hydrogen) atoms. The van der Waals surface area contributed by atoms with Crippen LogP contribution >= 0.6 is 0 Å². The van der Waals surface area contributed by atoms with E-state index in [-0.39, 0.29) is 23.2 Å². The van der Waals surface area contributed by atoms with Gasteiger partial charge in [0.1, 0.15) is 18.8 Å². The second kappa shape index (κ2) is 9.52. The third kappa shape index (κ3) is 4.32. The lowest BCUT2D eigenvalue weighted by atomic mass is 9.96. The highest BCUT2D eigenvalue weighted by atomic mass is 16.6. The molecule has 0 saturated carbocycles. The summed E-state index contributed by atoms with van der Waals surface area (Å²) in [6.45, 7) is 2.92. The lowest BCUT2D eigenvalue weighted by Crippen LogP contribution is -2.50. The van der Waals surface area contributed by atoms with E-state index in [4.69, 9.17) is 9.47 Å². The van der Waals surface area contributed by atoms with Gasteiger partial charge in [-0.05, 0) is 11.1 Å². The smallest absolute Gasteiger partial charge is 0.286 e. The van der Waals surface area contributed by atoms with E-state index in [0.29, 0.717) is 50.9 Å². The molecule has 3 aromatic rings. The number of piperazine rings is 1. The molecule has 5 rings (SSSR count). The Hall–Kier alpha value is -3.91. The number of benzene rings is 3. The highest BCUT2D eigenvalue weighted by Crippen LogP contribution is 2.37. The zero-order valence-corrected chi connectivity index (χ0v) is 18.6. The molecule has 1 fully saturated rings. The fraction of sp³-hybridized carbons (Fsp3) is 0.269. The molecular weight excluding hydrogens is 434 g/mol. The number of hydrogen-bond donors (Lipinski definition) is 0. The van der Waals surface area contributed by atoms with Crippen LogP contribution in [0.2, 0.25) is 0 Å². The SMILES string of the molecule is O=C(c1cc2c(cc1[N+](=O)[O-])OCCO2)N1CCN(C(c2ccccc2)c2ccccc2)CC1. The molecule has 3 aromatic carbocycles. The minimum Gasteiger partial charge on any atom is -0.486 e. The molecule has 8 heteroatoms. The first kappa shape index (κ1) is 21.9. The van der Waals surface area contributed by atoms with Crippen molar-refractivity contribution in [2.24, 2.45) is 0 Å². The molecule has 0 atom stereocenters. The van der Waals surface area contributed by atoms with Crippen molar-refractivity contribution in [3.05, 3.63) is 99.6 Å². The predicted molar refractivity (Wildman–Crippen MR) is 126 cm³/mol. The first-order chi connectivity index (χ1) is 16.6. The van der Waals surface area contributed by atoms with Gasteiger partial charge in [-0.25, -0.2) is 0 Å². The summed E-state index contributed by atoms with van der Waals surface area (Å²) < 4.78 is 11.0. The summed E-state index contributed by atoms with van der Waals surface area (Å²) in [5.41, 5.74) is 2.15. The fourth-order valence-electron chi connectivity index (χ4n) is 4.64. The summed E-state index contributed by atoms with van der Waals surface area (Å²) in [5.74, 6) is 0.305. The second-order valence-electron chi connectivity index (χ2n) is 8.32. The maximum Gasteiger partial charge on any atom is 0.286 e. The van der Waals surface area contributed by atoms with Gasteiger partial charge >= 0.3 is 0 Å². The lowest BCUT2D eigenvalue weighted by molar-refractivity contribution is -0.385. The number of carbonyl (C=O) groups excluding carboxylic acids is 1. The van der Waals surface area contributed by atoms with Crippen LogP contribution in [0.25, 0.3) is 0 Å². The maximum atomic E-state index is 13.3. The number of hydrogen-bond acceptors (Lipinski definition) is 6. The van der Waals surface area contributed by atoms with Gasteiger partial charge in [-0.3, -0.25) is 19.8 Å². The van der Waals surface area contributed by atoms with Crippen molar-refractivity contribution in [2.45, 2.75) is 6.04 Å². The van der Waals surface area contributed by atoms with Crippen LogP contribution in [0.1, 0.15) is 27.5 Å². The van der Waals surface area contributed by atoms with Crippen molar-refractivity contribution in [1.29, 1.82) is 0 Å². The summed E-state index contributed by atoms with van der Waals surface area (Å²) in [7, 11) is 0. The Bertz CT molecular complexity index is 1140. The zero-order chi connectivity index (χ0) is 23.5. The molecule has 0 bridgehead atoms. The van der Waals surface area contributed by atoms with Crippen LogP contribution in [-0.2, 0) is 0 Å². The molecule has 1 amide bonds. The summed E-state index contributed by atoms with van der Waals surface area (Å²) >= 11 is 0. The molecule has 2 aliphatic rings. The van der Waals surface area contributed by atoms with Crippen LogP contribution in [-0.4, -0.2) is 60.0 Å². The van der Waals surface area contributed by atoms with E-state index < -0.39 is 4.92 Å². The van der Waals surface area contributed by atoms with Crippen molar-refractivity contribution in [1.82, 2.24) is 9.80 Å². The first-order valence-electron chi connectivity index (χ1n) is 11.3. The molecule has 174 valence electrons. The third-order valence-electron chi connectivity index (χ3n) is 6.28. The van der Waals surface area contributed by atoms with E-state index in [1.807, 2.05) is 36.4 Å². The Morgan fingerprint density at radius 1 is 0.824 bits per heavy atom. The van der Waals surface area contributed by atoms with E-state index in [1.54, 1.807) is 4.90 Å². The molecule has 1 saturated heterocycles. The van der Waals surface area contributed by atoms with Gasteiger partial charge in [0.25, 0.3) is 11.6 Å². The normalized spacial score (nSPS) is 15.9. The number of carbonyl (C=O) groups is 1. The average molecular weight is 460 g/mol. The monoisotopic (exact) mass is 459 g/mol. The largest absolute Gasteiger partial charge is 0.486 e. The number of nitrogens with zero attached hydrogens (tertiary/aromatic N) is 3. The van der Waals surface area contributed by atoms with E-state index >= 15 is 0 Å². The van der Waals surface area contributed by atoms with E-state index in [9.17, 15) is 14.9 Å². The van der Waals surface area contributed by atoms with Crippen molar-refractivity contribution in [3.63, 3.8) is 0 Å². The Balaban J connectivity index is 1.37. The summed E-state index contributed by atoms with van der Waals surface area (Å²) in [5, 5.41) is 11.7. The van der Waals surface area contributed by atoms with Gasteiger partial charge in [0.05, 0.1) is 17.0 Å². The predicted octanol–water partition coefficient (Wildman–Crippen LogP) is 3.91. The number of fused-ring (bicyclic) bond motifs is 1. The minimum absolute atomic E-state index is 0.0327. The van der Waals surface area contributed by atoms with Crippen LogP contribution in [0.5, 0.6) is 11.5 Å². The highest BCUT2D eigenvalue weighted by Gasteiger charge is 2.33. The molecule has 0 unspecified atom stereocenters. The lowest BCUT2D eigenvalue weighted by Gasteiger charge is -2.39. The van der Waals surface area contributed by atoms with E-state index in [2.05, 4.69) is 29.2 Å². The van der Waals surface area contributed by atoms with E-state index in [0.717, 1.165) is 0 Å². The average Bonchev–Trinajstić information content (AvgIpc) is 2.89. The molecule has 0 N–H and O–H groups in total. The number of rotatable bonds is 5. The fourth-order valence-corrected chi connectivity index (χ4v) is 4.64. The second-order valence-corrected chi connectivity index (χ2v) is 8.32. The minimum atomic E-state index is -0.539. The Morgan fingerprint density at radius 2 is 1.35 bits per heavy atom. The molecule has 0 radical (unpaired) electrons. The quantitative estimate of drug-likeness (QED) is 0.425. The first-order valence-corrected chi connectivity index (χ1v) is 11.3. The van der Waals surface area contributed by atoms with Crippen molar-refractivity contribution < 1.29 is 19.2 Å². The van der Waals surface area contributed by atoms with E-state index in [1.165, 1.54) is 23.3 Å². The van der Waals surface area contributed by atoms with Gasteiger partial charge in [0.15, 0.2) is 11.5 Å². The number of nitro groups is 1. The number of nitro benzene ring substituents is 1. The maximum absolute atomic E-state index is 13.3. The topological polar surface area (TPSA) is 85.1 Å². The van der Waals surface area contributed by atoms with Crippen molar-refractivity contribution in [2.75, 3.05) is 39.4 Å². The van der Waals surface area contributed by atoms with Gasteiger partial charge in [0.2, 0.25) is 0 Å². The van der Waals surface area contributed by atoms with Gasteiger partial charge in [-0.15, -0.1) is 0 Å². The molecular formula is C26H25N3O5. The molecule has 0 spiro atoms. The number of ether oxygens (including phenoxy) is 2. The van der Waals surface area contributed by atoms with Gasteiger partial charge in [-0.2, -0.15) is 0 Å². The summed E-state index contributed by atoms with van der Waals surface area (Å²) in [6, 6.07) is 23.4. The standard InChI is InChI=1S/C26H25N3O5/c30-26(21-17-23-24(34-16-15-33-23)18-22(21)29(31)32)28-13-11-27(12-14-28)25(19-7-3-1-4-8-19)20-9-5-2-6-10-20/h1-10,17-18,25H,11-16H2. The van der Waals surface area contributed by atoms with Crippen LogP contribution in [0, 0.1) is 10.1 Å². The van der Waals surface area contributed by atoms with Crippen LogP contribution < -0.4 is 9.47 Å². The Labute approximate surface area is 197 Å². The van der Waals surface area contributed by atoms with Crippen LogP contribution in [0.15, 0.2) is 72.8 Å². The Morgan fingerprint density at radius 3 is 1.88 bits per heavy atom. The van der Waals surface area contributed by atoms with Crippen molar-refractivity contribution >= 4 is 11.6 Å². The van der Waals surface area contributed by atoms with Gasteiger partial charge < -0.3 is 14.4 Å². The van der Waals surface area contributed by atoms with Crippen LogP contribution in [0.3, 0.4) is 0 Å². The van der Waals surface area contributed by atoms with Gasteiger partial charge in [-0.1, -0.05) is 60.7 Å².